The number of amides is 1. The number of piperidine rings is 1. The topological polar surface area (TPSA) is 51.2 Å². The summed E-state index contributed by atoms with van der Waals surface area (Å²) in [4.78, 5) is 16.8. The van der Waals surface area contributed by atoms with Crippen molar-refractivity contribution in [2.24, 2.45) is 0 Å². The molecule has 2 saturated heterocycles. The third-order valence-corrected chi connectivity index (χ3v) is 7.72. The summed E-state index contributed by atoms with van der Waals surface area (Å²) in [5.41, 5.74) is 2.37. The first kappa shape index (κ1) is 26.4. The molecule has 1 amide bonds. The van der Waals surface area contributed by atoms with Crippen molar-refractivity contribution in [3.63, 3.8) is 0 Å². The summed E-state index contributed by atoms with van der Waals surface area (Å²) in [6, 6.07) is 23.2. The van der Waals surface area contributed by atoms with E-state index in [0.29, 0.717) is 38.8 Å². The van der Waals surface area contributed by atoms with Crippen molar-refractivity contribution in [2.75, 3.05) is 59.7 Å². The lowest BCUT2D eigenvalue weighted by molar-refractivity contribution is -0.129. The molecule has 3 aromatic rings. The van der Waals surface area contributed by atoms with E-state index in [1.165, 1.54) is 16.3 Å². The molecule has 3 aromatic carbocycles. The Labute approximate surface area is 225 Å². The predicted molar refractivity (Wildman–Crippen MR) is 152 cm³/mol. The lowest BCUT2D eigenvalue weighted by Gasteiger charge is -2.34. The van der Waals surface area contributed by atoms with Gasteiger partial charge in [-0.2, -0.15) is 0 Å². The van der Waals surface area contributed by atoms with Crippen molar-refractivity contribution in [3.05, 3.63) is 83.9 Å². The Morgan fingerprint density at radius 2 is 1.71 bits per heavy atom. The zero-order valence-electron chi connectivity index (χ0n) is 22.3. The van der Waals surface area contributed by atoms with Crippen LogP contribution in [0.15, 0.2) is 72.8 Å². The number of carbonyl (C=O) groups is 1. The van der Waals surface area contributed by atoms with Crippen molar-refractivity contribution in [3.8, 4) is 5.75 Å². The minimum atomic E-state index is -0.0314. The summed E-state index contributed by atoms with van der Waals surface area (Å²) in [7, 11) is 1.75. The zero-order chi connectivity index (χ0) is 26.2. The number of morpholine rings is 1. The van der Waals surface area contributed by atoms with E-state index in [4.69, 9.17) is 14.2 Å². The minimum absolute atomic E-state index is 0.00442. The average molecular weight is 515 g/mol. The SMILES string of the molecule is COC(COc1ccccc1C=CC(=O)N1CCOCC1)CN1CCC(c2cccc3ccccc23)CC1. The Morgan fingerprint density at radius 3 is 2.53 bits per heavy atom. The van der Waals surface area contributed by atoms with Gasteiger partial charge in [0.25, 0.3) is 0 Å². The maximum atomic E-state index is 12.5. The summed E-state index contributed by atoms with van der Waals surface area (Å²) in [6.45, 7) is 5.87. The van der Waals surface area contributed by atoms with Gasteiger partial charge in [0.15, 0.2) is 0 Å². The van der Waals surface area contributed by atoms with Crippen LogP contribution in [0.2, 0.25) is 0 Å². The Balaban J connectivity index is 1.13. The van der Waals surface area contributed by atoms with E-state index in [0.717, 1.165) is 43.8 Å². The van der Waals surface area contributed by atoms with Crippen LogP contribution in [0, 0.1) is 0 Å². The fraction of sp³-hybridized carbons (Fsp3) is 0.406. The van der Waals surface area contributed by atoms with Crippen molar-refractivity contribution in [1.82, 2.24) is 9.80 Å². The normalized spacial score (nSPS) is 18.2. The first-order valence-corrected chi connectivity index (χ1v) is 13.7. The third-order valence-electron chi connectivity index (χ3n) is 7.72. The van der Waals surface area contributed by atoms with E-state index < -0.39 is 0 Å². The Kier molecular flexibility index (Phi) is 9.07. The number of carbonyl (C=O) groups excluding carboxylic acids is 1. The summed E-state index contributed by atoms with van der Waals surface area (Å²) in [5.74, 6) is 1.36. The second kappa shape index (κ2) is 13.1. The van der Waals surface area contributed by atoms with Gasteiger partial charge < -0.3 is 24.0 Å². The van der Waals surface area contributed by atoms with Gasteiger partial charge in [0.2, 0.25) is 5.91 Å². The highest BCUT2D eigenvalue weighted by Crippen LogP contribution is 2.33. The van der Waals surface area contributed by atoms with Gasteiger partial charge in [-0.25, -0.2) is 0 Å². The molecule has 0 bridgehead atoms. The standard InChI is InChI=1S/C32H38N2O4/c1-36-28(23-33-17-15-26(16-18-33)30-11-6-9-25-7-2-4-10-29(25)30)24-38-31-12-5-3-8-27(31)13-14-32(35)34-19-21-37-22-20-34/h2-14,26,28H,15-24H2,1H3. The monoisotopic (exact) mass is 514 g/mol. The van der Waals surface area contributed by atoms with Gasteiger partial charge in [-0.1, -0.05) is 60.7 Å². The first-order chi connectivity index (χ1) is 18.7. The lowest BCUT2D eigenvalue weighted by Crippen LogP contribution is -2.41. The van der Waals surface area contributed by atoms with Gasteiger partial charge >= 0.3 is 0 Å². The molecule has 0 saturated carbocycles. The summed E-state index contributed by atoms with van der Waals surface area (Å²) >= 11 is 0. The fourth-order valence-corrected chi connectivity index (χ4v) is 5.50. The molecule has 6 nitrogen and oxygen atoms in total. The van der Waals surface area contributed by atoms with Gasteiger partial charge in [-0.15, -0.1) is 0 Å². The van der Waals surface area contributed by atoms with Crippen molar-refractivity contribution >= 4 is 22.8 Å². The number of fused-ring (bicyclic) bond motifs is 1. The average Bonchev–Trinajstić information content (AvgIpc) is 2.99. The molecular formula is C32H38N2O4. The Bertz CT molecular complexity index is 1220. The molecule has 2 aliphatic rings. The number of hydrogen-bond donors (Lipinski definition) is 0. The van der Waals surface area contributed by atoms with Crippen molar-refractivity contribution < 1.29 is 19.0 Å². The predicted octanol–water partition coefficient (Wildman–Crippen LogP) is 4.99. The molecule has 1 unspecified atom stereocenters. The van der Waals surface area contributed by atoms with Gasteiger partial charge in [0.05, 0.1) is 13.2 Å². The number of rotatable bonds is 9. The van der Waals surface area contributed by atoms with Crippen LogP contribution < -0.4 is 4.74 Å². The Morgan fingerprint density at radius 1 is 0.974 bits per heavy atom. The molecule has 0 spiro atoms. The third kappa shape index (κ3) is 6.62. The van der Waals surface area contributed by atoms with Gasteiger partial charge in [0, 0.05) is 38.4 Å². The van der Waals surface area contributed by atoms with Gasteiger partial charge in [0.1, 0.15) is 18.5 Å². The highest BCUT2D eigenvalue weighted by Gasteiger charge is 2.24. The largest absolute Gasteiger partial charge is 0.490 e. The van der Waals surface area contributed by atoms with Crippen LogP contribution in [-0.4, -0.2) is 81.5 Å². The van der Waals surface area contributed by atoms with Crippen LogP contribution in [0.3, 0.4) is 0 Å². The highest BCUT2D eigenvalue weighted by atomic mass is 16.5. The second-order valence-corrected chi connectivity index (χ2v) is 10.1. The maximum Gasteiger partial charge on any atom is 0.246 e. The summed E-state index contributed by atoms with van der Waals surface area (Å²) in [6.07, 6.45) is 5.73. The highest BCUT2D eigenvalue weighted by molar-refractivity contribution is 5.92. The maximum absolute atomic E-state index is 12.5. The summed E-state index contributed by atoms with van der Waals surface area (Å²) in [5, 5.41) is 2.71. The van der Waals surface area contributed by atoms with Gasteiger partial charge in [-0.3, -0.25) is 4.79 Å². The molecule has 0 N–H and O–H groups in total. The molecule has 2 heterocycles. The van der Waals surface area contributed by atoms with Crippen LogP contribution in [0.25, 0.3) is 16.8 Å². The van der Waals surface area contributed by atoms with Gasteiger partial charge in [-0.05, 0) is 60.3 Å². The number of ether oxygens (including phenoxy) is 3. The van der Waals surface area contributed by atoms with E-state index in [9.17, 15) is 4.79 Å². The van der Waals surface area contributed by atoms with Crippen LogP contribution in [0.1, 0.15) is 29.9 Å². The first-order valence-electron chi connectivity index (χ1n) is 13.7. The van der Waals surface area contributed by atoms with E-state index >= 15 is 0 Å². The number of methoxy groups -OCH3 is 1. The summed E-state index contributed by atoms with van der Waals surface area (Å²) < 4.78 is 17.3. The molecule has 0 aliphatic carbocycles. The molecule has 2 fully saturated rings. The fourth-order valence-electron chi connectivity index (χ4n) is 5.50. The van der Waals surface area contributed by atoms with E-state index in [1.807, 2.05) is 35.2 Å². The van der Waals surface area contributed by atoms with Crippen LogP contribution in [-0.2, 0) is 14.3 Å². The molecule has 38 heavy (non-hydrogen) atoms. The minimum Gasteiger partial charge on any atom is -0.490 e. The molecule has 0 radical (unpaired) electrons. The number of benzene rings is 3. The number of hydrogen-bond acceptors (Lipinski definition) is 5. The lowest BCUT2D eigenvalue weighted by atomic mass is 9.86. The molecule has 2 aliphatic heterocycles. The van der Waals surface area contributed by atoms with Crippen LogP contribution in [0.5, 0.6) is 5.75 Å². The number of para-hydroxylation sites is 1. The molecule has 5 rings (SSSR count). The van der Waals surface area contributed by atoms with Crippen molar-refractivity contribution in [2.45, 2.75) is 24.9 Å². The molecule has 6 heteroatoms. The quantitative estimate of drug-likeness (QED) is 0.377. The number of likely N-dealkylation sites (tertiary alicyclic amines) is 1. The van der Waals surface area contributed by atoms with E-state index in [1.54, 1.807) is 13.2 Å². The number of nitrogens with zero attached hydrogens (tertiary/aromatic N) is 2. The van der Waals surface area contributed by atoms with E-state index in [-0.39, 0.29) is 12.0 Å². The smallest absolute Gasteiger partial charge is 0.246 e. The van der Waals surface area contributed by atoms with Crippen molar-refractivity contribution in [1.29, 1.82) is 0 Å². The molecule has 0 aromatic heterocycles. The zero-order valence-corrected chi connectivity index (χ0v) is 22.3. The molecule has 1 atom stereocenters. The van der Waals surface area contributed by atoms with E-state index in [2.05, 4.69) is 47.4 Å². The molecule has 200 valence electrons. The van der Waals surface area contributed by atoms with Crippen LogP contribution in [0.4, 0.5) is 0 Å². The molecular weight excluding hydrogens is 476 g/mol. The Hall–Kier alpha value is -3.19. The second-order valence-electron chi connectivity index (χ2n) is 10.1. The van der Waals surface area contributed by atoms with Crippen LogP contribution >= 0.6 is 0 Å².